The smallest absolute Gasteiger partial charge is 0.408 e. The first-order valence-corrected chi connectivity index (χ1v) is 18.4. The number of benzene rings is 3. The monoisotopic (exact) mass is 735 g/mol. The van der Waals surface area contributed by atoms with E-state index in [0.717, 1.165) is 34.3 Å². The Hall–Kier alpha value is -4.08. The molecule has 1 saturated heterocycles. The Morgan fingerprint density at radius 3 is 2.14 bits per heavy atom. The highest BCUT2D eigenvalue weighted by Crippen LogP contribution is 2.33. The van der Waals surface area contributed by atoms with E-state index in [-0.39, 0.29) is 23.6 Å². The van der Waals surface area contributed by atoms with Gasteiger partial charge in [-0.25, -0.2) is 31.2 Å². The van der Waals surface area contributed by atoms with Crippen molar-refractivity contribution in [3.05, 3.63) is 89.7 Å². The number of carbonyl (C=O) groups is 3. The summed E-state index contributed by atoms with van der Waals surface area (Å²) < 4.78 is 83.3. The SMILES string of the molecule is CC(C)[C@H](NC(=O)OC(C)(C)C)C(=O)OCC[C@H](NC(=O)[C@@H]1SCCN1S(=O)(=O)c1ccc(-c2ccccc2F)cc1)c1c(F)cccc1F. The number of nitrogens with one attached hydrogen (secondary N) is 2. The van der Waals surface area contributed by atoms with Crippen molar-refractivity contribution >= 4 is 39.8 Å². The summed E-state index contributed by atoms with van der Waals surface area (Å²) in [5, 5.41) is 3.75. The number of nitrogens with zero attached hydrogens (tertiary/aromatic N) is 1. The van der Waals surface area contributed by atoms with E-state index in [1.165, 1.54) is 30.3 Å². The van der Waals surface area contributed by atoms with Crippen molar-refractivity contribution < 1.29 is 45.4 Å². The first-order chi connectivity index (χ1) is 23.5. The Kier molecular flexibility index (Phi) is 12.6. The fraction of sp³-hybridized carbons (Fsp3) is 0.400. The van der Waals surface area contributed by atoms with Crippen LogP contribution in [0, 0.1) is 23.4 Å². The molecule has 0 unspecified atom stereocenters. The first kappa shape index (κ1) is 38.7. The summed E-state index contributed by atoms with van der Waals surface area (Å²) in [7, 11) is -4.23. The van der Waals surface area contributed by atoms with Gasteiger partial charge < -0.3 is 20.1 Å². The number of ether oxygens (including phenoxy) is 2. The summed E-state index contributed by atoms with van der Waals surface area (Å²) in [5.41, 5.74) is -0.555. The van der Waals surface area contributed by atoms with E-state index in [1.807, 2.05) is 0 Å². The van der Waals surface area contributed by atoms with E-state index in [2.05, 4.69) is 10.6 Å². The molecular formula is C35H40F3N3O7S2. The van der Waals surface area contributed by atoms with Crippen molar-refractivity contribution in [2.24, 2.45) is 5.92 Å². The van der Waals surface area contributed by atoms with E-state index in [0.29, 0.717) is 11.1 Å². The molecule has 1 heterocycles. The van der Waals surface area contributed by atoms with Crippen molar-refractivity contribution in [3.8, 4) is 11.1 Å². The quantitative estimate of drug-likeness (QED) is 0.211. The van der Waals surface area contributed by atoms with Gasteiger partial charge >= 0.3 is 12.1 Å². The summed E-state index contributed by atoms with van der Waals surface area (Å²) >= 11 is 1.03. The highest BCUT2D eigenvalue weighted by Gasteiger charge is 2.41. The summed E-state index contributed by atoms with van der Waals surface area (Å²) in [4.78, 5) is 38.8. The average Bonchev–Trinajstić information content (AvgIpc) is 3.54. The van der Waals surface area contributed by atoms with Crippen molar-refractivity contribution in [2.45, 2.75) is 69.0 Å². The van der Waals surface area contributed by atoms with Crippen molar-refractivity contribution in [2.75, 3.05) is 18.9 Å². The van der Waals surface area contributed by atoms with Crippen LogP contribution < -0.4 is 10.6 Å². The largest absolute Gasteiger partial charge is 0.464 e. The Morgan fingerprint density at radius 2 is 1.54 bits per heavy atom. The van der Waals surface area contributed by atoms with Gasteiger partial charge in [0.1, 0.15) is 34.5 Å². The van der Waals surface area contributed by atoms with Gasteiger partial charge in [-0.3, -0.25) is 4.79 Å². The fourth-order valence-electron chi connectivity index (χ4n) is 5.22. The maximum atomic E-state index is 15.0. The van der Waals surface area contributed by atoms with Crippen LogP contribution in [0.3, 0.4) is 0 Å². The highest BCUT2D eigenvalue weighted by molar-refractivity contribution is 8.02. The number of thioether (sulfide) groups is 1. The van der Waals surface area contributed by atoms with Crippen LogP contribution in [-0.4, -0.2) is 66.6 Å². The molecule has 0 bridgehead atoms. The molecule has 15 heteroatoms. The number of rotatable bonds is 12. The Bertz CT molecular complexity index is 1780. The molecule has 270 valence electrons. The zero-order chi connectivity index (χ0) is 36.8. The number of amides is 2. The molecular weight excluding hydrogens is 696 g/mol. The minimum absolute atomic E-state index is 0.0161. The lowest BCUT2D eigenvalue weighted by Gasteiger charge is -2.27. The van der Waals surface area contributed by atoms with Crippen LogP contribution in [0.15, 0.2) is 71.6 Å². The van der Waals surface area contributed by atoms with Gasteiger partial charge in [-0.05, 0) is 62.6 Å². The van der Waals surface area contributed by atoms with Crippen LogP contribution in [0.2, 0.25) is 0 Å². The summed E-state index contributed by atoms with van der Waals surface area (Å²) in [6.07, 6.45) is -1.12. The molecule has 2 N–H and O–H groups in total. The van der Waals surface area contributed by atoms with Crippen LogP contribution in [-0.2, 0) is 29.1 Å². The van der Waals surface area contributed by atoms with E-state index in [1.54, 1.807) is 52.8 Å². The van der Waals surface area contributed by atoms with Gasteiger partial charge in [-0.2, -0.15) is 4.31 Å². The normalized spacial score (nSPS) is 16.5. The predicted molar refractivity (Wildman–Crippen MR) is 183 cm³/mol. The fourth-order valence-corrected chi connectivity index (χ4v) is 8.30. The number of carbonyl (C=O) groups excluding carboxylic acids is 3. The molecule has 2 amide bonds. The number of esters is 1. The third kappa shape index (κ3) is 9.58. The topological polar surface area (TPSA) is 131 Å². The average molecular weight is 736 g/mol. The van der Waals surface area contributed by atoms with Crippen LogP contribution >= 0.6 is 11.8 Å². The molecule has 0 saturated carbocycles. The Balaban J connectivity index is 1.50. The lowest BCUT2D eigenvalue weighted by molar-refractivity contribution is -0.147. The van der Waals surface area contributed by atoms with E-state index < -0.39 is 86.6 Å². The van der Waals surface area contributed by atoms with Crippen LogP contribution in [0.5, 0.6) is 0 Å². The Morgan fingerprint density at radius 1 is 0.920 bits per heavy atom. The second-order valence-electron chi connectivity index (χ2n) is 12.9. The molecule has 10 nitrogen and oxygen atoms in total. The summed E-state index contributed by atoms with van der Waals surface area (Å²) in [5.74, 6) is -4.19. The molecule has 0 aromatic heterocycles. The van der Waals surface area contributed by atoms with Gasteiger partial charge in [0.15, 0.2) is 0 Å². The molecule has 1 aliphatic heterocycles. The number of hydrogen-bond donors (Lipinski definition) is 2. The summed E-state index contributed by atoms with van der Waals surface area (Å²) in [6, 6.07) is 12.3. The minimum atomic E-state index is -4.23. The molecule has 3 atom stereocenters. The van der Waals surface area contributed by atoms with Gasteiger partial charge in [0.05, 0.1) is 17.5 Å². The zero-order valence-electron chi connectivity index (χ0n) is 28.2. The van der Waals surface area contributed by atoms with Gasteiger partial charge in [-0.15, -0.1) is 11.8 Å². The number of sulfonamides is 1. The molecule has 3 aromatic carbocycles. The van der Waals surface area contributed by atoms with Gasteiger partial charge in [0.25, 0.3) is 0 Å². The molecule has 0 radical (unpaired) electrons. The number of hydrogen-bond acceptors (Lipinski definition) is 8. The van der Waals surface area contributed by atoms with E-state index >= 15 is 0 Å². The third-order valence-corrected chi connectivity index (χ3v) is 10.8. The van der Waals surface area contributed by atoms with Crippen LogP contribution in [0.1, 0.15) is 52.6 Å². The van der Waals surface area contributed by atoms with Crippen LogP contribution in [0.25, 0.3) is 11.1 Å². The molecule has 4 rings (SSSR count). The molecule has 0 spiro atoms. The lowest BCUT2D eigenvalue weighted by atomic mass is 10.0. The molecule has 1 fully saturated rings. The van der Waals surface area contributed by atoms with Crippen molar-refractivity contribution in [1.82, 2.24) is 14.9 Å². The standard InChI is InChI=1S/C35H40F3N3O7S2/c1-21(2)30(40-34(44)48-35(3,4)5)33(43)47-19-17-28(29-26(37)11-8-12-27(29)38)39-31(42)32-41(18-20-49-32)50(45,46)23-15-13-22(14-16-23)24-9-6-7-10-25(24)36/h6-16,21,28,30,32H,17-20H2,1-5H3,(H,39,42)(H,40,44)/t28-,30-,32-/m0/s1. The predicted octanol–water partition coefficient (Wildman–Crippen LogP) is 6.17. The number of halogens is 3. The van der Waals surface area contributed by atoms with Gasteiger partial charge in [-0.1, -0.05) is 50.2 Å². The van der Waals surface area contributed by atoms with E-state index in [9.17, 15) is 36.0 Å². The van der Waals surface area contributed by atoms with Crippen LogP contribution in [0.4, 0.5) is 18.0 Å². The first-order valence-electron chi connectivity index (χ1n) is 15.9. The van der Waals surface area contributed by atoms with Crippen molar-refractivity contribution in [3.63, 3.8) is 0 Å². The summed E-state index contributed by atoms with van der Waals surface area (Å²) in [6.45, 7) is 7.92. The van der Waals surface area contributed by atoms with Gasteiger partial charge in [0, 0.05) is 29.8 Å². The molecule has 0 aliphatic carbocycles. The molecule has 50 heavy (non-hydrogen) atoms. The lowest BCUT2D eigenvalue weighted by Crippen LogP contribution is -2.47. The van der Waals surface area contributed by atoms with Crippen molar-refractivity contribution in [1.29, 1.82) is 0 Å². The van der Waals surface area contributed by atoms with E-state index in [4.69, 9.17) is 9.47 Å². The zero-order valence-corrected chi connectivity index (χ0v) is 29.9. The second-order valence-corrected chi connectivity index (χ2v) is 15.9. The molecule has 3 aromatic rings. The Labute approximate surface area is 294 Å². The highest BCUT2D eigenvalue weighted by atomic mass is 32.2. The maximum absolute atomic E-state index is 15.0. The third-order valence-electron chi connectivity index (χ3n) is 7.63. The minimum Gasteiger partial charge on any atom is -0.464 e. The molecule has 1 aliphatic rings. The maximum Gasteiger partial charge on any atom is 0.408 e. The van der Waals surface area contributed by atoms with Gasteiger partial charge in [0.2, 0.25) is 15.9 Å². The second kappa shape index (κ2) is 16.3. The number of alkyl carbamates (subject to hydrolysis) is 1.